The smallest absolute Gasteiger partial charge is 0.320 e. The van der Waals surface area contributed by atoms with Crippen LogP contribution in [0.5, 0.6) is 0 Å². The molecule has 0 radical (unpaired) electrons. The Balaban J connectivity index is 0.000000112. The van der Waals surface area contributed by atoms with Crippen LogP contribution in [0.25, 0.3) is 0 Å². The van der Waals surface area contributed by atoms with Crippen LogP contribution in [-0.2, 0) is 71.5 Å². The molecule has 0 aromatic rings. The van der Waals surface area contributed by atoms with Crippen LogP contribution in [-0.4, -0.2) is 83.4 Å². The van der Waals surface area contributed by atoms with Crippen LogP contribution in [0, 0.1) is 171 Å². The summed E-state index contributed by atoms with van der Waals surface area (Å²) in [5.41, 5.74) is -0.693. The van der Waals surface area contributed by atoms with Crippen molar-refractivity contribution in [2.24, 2.45) is 171 Å². The van der Waals surface area contributed by atoms with Crippen molar-refractivity contribution in [2.45, 2.75) is 319 Å². The van der Waals surface area contributed by atoms with E-state index in [4.69, 9.17) is 28.4 Å². The van der Waals surface area contributed by atoms with E-state index in [-0.39, 0.29) is 100 Å². The molecule has 15 nitrogen and oxygen atoms in total. The summed E-state index contributed by atoms with van der Waals surface area (Å²) in [4.78, 5) is 94.1. The van der Waals surface area contributed by atoms with E-state index in [0.29, 0.717) is 78.1 Å². The Morgan fingerprint density at radius 2 is 1.06 bits per heavy atom. The molecule has 14 aliphatic carbocycles. The minimum absolute atomic E-state index is 0.0107. The predicted octanol–water partition coefficient (Wildman–Crippen LogP) is 17.7. The molecule has 4 heterocycles. The van der Waals surface area contributed by atoms with E-state index in [9.17, 15) is 38.4 Å². The molecule has 102 heavy (non-hydrogen) atoms. The molecule has 0 N–H and O–H groups in total. The summed E-state index contributed by atoms with van der Waals surface area (Å²) in [5.74, 6) is 15.0. The number of rotatable bonds is 13. The second-order valence-electron chi connectivity index (χ2n) is 38.4. The summed E-state index contributed by atoms with van der Waals surface area (Å²) in [7, 11) is 0. The maximum Gasteiger partial charge on any atom is 0.320 e. The molecule has 33 unspecified atom stereocenters. The molecule has 18 fully saturated rings. The third kappa shape index (κ3) is 13.9. The first-order chi connectivity index (χ1) is 48.6. The van der Waals surface area contributed by atoms with Crippen LogP contribution in [0.1, 0.15) is 290 Å². The van der Waals surface area contributed by atoms with Gasteiger partial charge in [0.05, 0.1) is 66.2 Å². The summed E-state index contributed by atoms with van der Waals surface area (Å²) in [6.45, 7) is 31.1. The Hall–Kier alpha value is -3.88. The van der Waals surface area contributed by atoms with Crippen molar-refractivity contribution in [3.63, 3.8) is 0 Å². The van der Waals surface area contributed by atoms with E-state index in [1.807, 2.05) is 6.92 Å². The zero-order valence-electron chi connectivity index (χ0n) is 65.4. The highest BCUT2D eigenvalue weighted by molar-refractivity contribution is 5.98. The van der Waals surface area contributed by atoms with Gasteiger partial charge < -0.3 is 33.2 Å². The molecule has 0 aromatic heterocycles. The lowest BCUT2D eigenvalue weighted by atomic mass is 9.65. The maximum absolute atomic E-state index is 13.1. The van der Waals surface area contributed by atoms with Crippen LogP contribution in [0.3, 0.4) is 0 Å². The van der Waals surface area contributed by atoms with Crippen molar-refractivity contribution in [2.75, 3.05) is 6.61 Å². The number of ether oxygens (including phenoxy) is 7. The van der Waals surface area contributed by atoms with Crippen LogP contribution in [0.4, 0.5) is 0 Å². The second kappa shape index (κ2) is 30.3. The standard InChI is InChI=1S/C22H36O2.C19H30O2.C18H28O2.C12H16O3.C10H16O3.C6H8O3/c1-4-8-15-11-14(3)19-16-12-17(20(15)19)18(13-16)21(23)24-22(5-2)9-6-7-10-22;1-4-19(10-13-5-6-15(19)7-13)21-18(20)17-9-14-8-16(17)12(3)11(14)2;1-3-18(10-12-4-5-15(18)7-12)20-17(19)16-9-13-8-14(16)6-11(13)2;1-6-7(2)9-3-8(6)4-12(9)5-10(13)15-11(12)14;1-3-4-8-7-5-12-10(11)9(7)6(2)13-8;1-3-4(2)6(8)9-5(3)7/h14-20H,4-13H2,1-3H3;11-17H,4-10H2,1-3H3;11-16H,3-10H2,1-2H3;6-9H,3-5H2,1-2H3;6-9H,3-5H2,1-2H3;3-4H,1-2H3. The quantitative estimate of drug-likeness (QED) is 0.0957. The molecular weight excluding hydrogens is 1280 g/mol. The molecule has 33 atom stereocenters. The van der Waals surface area contributed by atoms with E-state index >= 15 is 0 Å². The van der Waals surface area contributed by atoms with Crippen LogP contribution < -0.4 is 0 Å². The topological polar surface area (TPSA) is 201 Å². The maximum atomic E-state index is 13.1. The highest BCUT2D eigenvalue weighted by atomic mass is 16.6. The first kappa shape index (κ1) is 76.3. The predicted molar refractivity (Wildman–Crippen MR) is 386 cm³/mol. The number of carbonyl (C=O) groups excluding carboxylic acids is 8. The van der Waals surface area contributed by atoms with E-state index in [1.165, 1.54) is 96.3 Å². The van der Waals surface area contributed by atoms with Crippen molar-refractivity contribution in [3.05, 3.63) is 0 Å². The number of hydrogen-bond donors (Lipinski definition) is 0. The Morgan fingerprint density at radius 3 is 1.54 bits per heavy atom. The molecule has 4 saturated heterocycles. The molecule has 15 heteroatoms. The van der Waals surface area contributed by atoms with Gasteiger partial charge in [0.2, 0.25) is 0 Å². The fourth-order valence-corrected chi connectivity index (χ4v) is 27.5. The Kier molecular flexibility index (Phi) is 22.7. The third-order valence-corrected chi connectivity index (χ3v) is 33.8. The van der Waals surface area contributed by atoms with Crippen molar-refractivity contribution in [1.29, 1.82) is 0 Å². The second-order valence-corrected chi connectivity index (χ2v) is 38.4. The third-order valence-electron chi connectivity index (χ3n) is 33.8. The van der Waals surface area contributed by atoms with Crippen molar-refractivity contribution >= 4 is 47.8 Å². The Bertz CT molecular complexity index is 3050. The lowest BCUT2D eigenvalue weighted by molar-refractivity contribution is -0.175. The summed E-state index contributed by atoms with van der Waals surface area (Å²) < 4.78 is 38.5. The Morgan fingerprint density at radius 1 is 0.480 bits per heavy atom. The van der Waals surface area contributed by atoms with E-state index in [2.05, 4.69) is 80.9 Å². The molecule has 0 amide bonds. The number of hydrogen-bond acceptors (Lipinski definition) is 15. The molecule has 0 aromatic carbocycles. The Labute approximate surface area is 612 Å². The number of carbonyl (C=O) groups is 8. The van der Waals surface area contributed by atoms with Crippen LogP contribution >= 0.6 is 0 Å². The lowest BCUT2D eigenvalue weighted by Crippen LogP contribution is -2.43. The van der Waals surface area contributed by atoms with Gasteiger partial charge in [-0.25, -0.2) is 0 Å². The average molecular weight is 1420 g/mol. The van der Waals surface area contributed by atoms with Gasteiger partial charge in [-0.2, -0.15) is 0 Å². The molecule has 18 aliphatic rings. The molecule has 1 spiro atoms. The number of cyclic esters (lactones) is 5. The van der Waals surface area contributed by atoms with E-state index in [1.54, 1.807) is 13.8 Å². The zero-order valence-corrected chi connectivity index (χ0v) is 65.4. The van der Waals surface area contributed by atoms with Gasteiger partial charge in [0.25, 0.3) is 0 Å². The van der Waals surface area contributed by atoms with Gasteiger partial charge in [0.1, 0.15) is 16.8 Å². The van der Waals surface area contributed by atoms with Crippen molar-refractivity contribution in [1.82, 2.24) is 0 Å². The largest absolute Gasteiger partial charge is 0.465 e. The van der Waals surface area contributed by atoms with Gasteiger partial charge in [0, 0.05) is 5.92 Å². The van der Waals surface area contributed by atoms with Gasteiger partial charge >= 0.3 is 47.8 Å². The fourth-order valence-electron chi connectivity index (χ4n) is 27.5. The normalized spacial score (nSPS) is 48.6. The first-order valence-electron chi connectivity index (χ1n) is 42.7. The highest BCUT2D eigenvalue weighted by Gasteiger charge is 2.66. The first-order valence-corrected chi connectivity index (χ1v) is 42.7. The monoisotopic (exact) mass is 1420 g/mol. The van der Waals surface area contributed by atoms with Gasteiger partial charge in [-0.1, -0.05) is 109 Å². The van der Waals surface area contributed by atoms with Gasteiger partial charge in [-0.15, -0.1) is 0 Å². The number of fused-ring (bicyclic) bond motifs is 17. The summed E-state index contributed by atoms with van der Waals surface area (Å²) in [5, 5.41) is 0. The zero-order chi connectivity index (χ0) is 72.8. The summed E-state index contributed by atoms with van der Waals surface area (Å²) in [6.07, 6.45) is 35.3. The minimum Gasteiger partial charge on any atom is -0.465 e. The van der Waals surface area contributed by atoms with Gasteiger partial charge in [-0.3, -0.25) is 38.4 Å². The van der Waals surface area contributed by atoms with Crippen LogP contribution in [0.2, 0.25) is 0 Å². The summed E-state index contributed by atoms with van der Waals surface area (Å²) in [6, 6.07) is 0. The summed E-state index contributed by atoms with van der Waals surface area (Å²) >= 11 is 0. The molecular formula is C87H134O15. The van der Waals surface area contributed by atoms with Gasteiger partial charge in [0.15, 0.2) is 0 Å². The molecule has 18 rings (SSSR count). The molecule has 4 aliphatic heterocycles. The molecule has 14 saturated carbocycles. The van der Waals surface area contributed by atoms with E-state index in [0.717, 1.165) is 155 Å². The minimum atomic E-state index is -0.423. The molecule has 12 bridgehead atoms. The lowest BCUT2D eigenvalue weighted by Gasteiger charge is -2.39. The SMILES string of the molecule is CC1C(=O)OC(=O)C1C.CC1C2CC(C1C)C1(CC(=O)OC1=O)C2.CCC1(OC(=O)C2CC3CC2C(C)C3C)CC2CCC1C2.CCC1(OC(=O)C2CC3CC2CC3C)CC2CCC1C2.CCCC1CC(C)C2C3CC(C(=O)OC4(CC)CCCC4)C(C3)C12.CCCC1OC(C)C2C(=O)OCC12. The number of esters is 8. The fraction of sp³-hybridized carbons (Fsp3) is 0.908. The van der Waals surface area contributed by atoms with Crippen molar-refractivity contribution < 1.29 is 71.5 Å². The average Bonchev–Trinajstić information content (AvgIpc) is 1.56. The highest BCUT2D eigenvalue weighted by Crippen LogP contribution is 2.67. The van der Waals surface area contributed by atoms with Crippen molar-refractivity contribution in [3.8, 4) is 0 Å². The van der Waals surface area contributed by atoms with E-state index < -0.39 is 17.4 Å². The van der Waals surface area contributed by atoms with Gasteiger partial charge in [-0.05, 0) is 298 Å². The van der Waals surface area contributed by atoms with Crippen LogP contribution in [0.15, 0.2) is 0 Å². The molecule has 572 valence electrons.